The maximum Gasteiger partial charge on any atom is 0.234 e. The van der Waals surface area contributed by atoms with Gasteiger partial charge in [0.05, 0.1) is 11.4 Å². The summed E-state index contributed by atoms with van der Waals surface area (Å²) in [5.41, 5.74) is 2.05. The fraction of sp³-hybridized carbons (Fsp3) is 0.500. The minimum Gasteiger partial charge on any atom is -0.383 e. The third-order valence-electron chi connectivity index (χ3n) is 3.41. The highest BCUT2D eigenvalue weighted by Crippen LogP contribution is 2.36. The Bertz CT molecular complexity index is 471. The summed E-state index contributed by atoms with van der Waals surface area (Å²) in [5, 5.41) is 6.44. The fourth-order valence-electron chi connectivity index (χ4n) is 2.37. The highest BCUT2D eigenvalue weighted by molar-refractivity contribution is 8.00. The van der Waals surface area contributed by atoms with Crippen LogP contribution in [0.15, 0.2) is 23.1 Å². The standard InChI is InChI=1S/C14H18N2OS/c1-9(6-10-2-3-10)15-11-4-5-13-12(7-11)16-14(17)8-18-13/h4-5,7,9-10,15H,2-3,6,8H2,1H3,(H,16,17). The molecule has 2 aliphatic rings. The molecule has 3 nitrogen and oxygen atoms in total. The lowest BCUT2D eigenvalue weighted by Gasteiger charge is -2.19. The molecule has 0 spiro atoms. The summed E-state index contributed by atoms with van der Waals surface area (Å²) in [6, 6.07) is 6.74. The van der Waals surface area contributed by atoms with E-state index in [-0.39, 0.29) is 5.91 Å². The zero-order valence-electron chi connectivity index (χ0n) is 10.5. The number of rotatable bonds is 4. The normalized spacial score (nSPS) is 19.9. The number of carbonyl (C=O) groups excluding carboxylic acids is 1. The molecule has 18 heavy (non-hydrogen) atoms. The van der Waals surface area contributed by atoms with Crippen molar-refractivity contribution in [3.8, 4) is 0 Å². The minimum atomic E-state index is 0.0932. The Labute approximate surface area is 112 Å². The van der Waals surface area contributed by atoms with Crippen LogP contribution in [0.2, 0.25) is 0 Å². The van der Waals surface area contributed by atoms with Crippen LogP contribution >= 0.6 is 11.8 Å². The monoisotopic (exact) mass is 262 g/mol. The van der Waals surface area contributed by atoms with E-state index in [1.165, 1.54) is 19.3 Å². The highest BCUT2D eigenvalue weighted by atomic mass is 32.2. The molecule has 0 aromatic heterocycles. The van der Waals surface area contributed by atoms with E-state index in [1.807, 2.05) is 6.07 Å². The average Bonchev–Trinajstić information content (AvgIpc) is 3.12. The second kappa shape index (κ2) is 4.84. The molecule has 1 amide bonds. The second-order valence-corrected chi connectivity index (χ2v) is 6.29. The summed E-state index contributed by atoms with van der Waals surface area (Å²) >= 11 is 1.61. The third-order valence-corrected chi connectivity index (χ3v) is 4.48. The van der Waals surface area contributed by atoms with Gasteiger partial charge in [-0.25, -0.2) is 0 Å². The number of amides is 1. The van der Waals surface area contributed by atoms with Crippen LogP contribution in [0.3, 0.4) is 0 Å². The number of carbonyl (C=O) groups is 1. The molecule has 0 bridgehead atoms. The van der Waals surface area contributed by atoms with Crippen LogP contribution in [0.1, 0.15) is 26.2 Å². The SMILES string of the molecule is CC(CC1CC1)Nc1ccc2c(c1)NC(=O)CS2. The molecule has 2 N–H and O–H groups in total. The van der Waals surface area contributed by atoms with Crippen molar-refractivity contribution in [2.75, 3.05) is 16.4 Å². The number of benzene rings is 1. The number of hydrogen-bond acceptors (Lipinski definition) is 3. The number of thioether (sulfide) groups is 1. The van der Waals surface area contributed by atoms with Crippen LogP contribution in [0.4, 0.5) is 11.4 Å². The van der Waals surface area contributed by atoms with E-state index in [1.54, 1.807) is 11.8 Å². The van der Waals surface area contributed by atoms with Crippen molar-refractivity contribution in [1.29, 1.82) is 0 Å². The summed E-state index contributed by atoms with van der Waals surface area (Å²) < 4.78 is 0. The van der Waals surface area contributed by atoms with Crippen LogP contribution in [-0.4, -0.2) is 17.7 Å². The molecule has 1 aromatic rings. The molecular weight excluding hydrogens is 244 g/mol. The first-order valence-electron chi connectivity index (χ1n) is 6.54. The van der Waals surface area contributed by atoms with Gasteiger partial charge >= 0.3 is 0 Å². The van der Waals surface area contributed by atoms with Crippen LogP contribution in [0, 0.1) is 5.92 Å². The van der Waals surface area contributed by atoms with E-state index in [4.69, 9.17) is 0 Å². The van der Waals surface area contributed by atoms with Crippen LogP contribution in [0.5, 0.6) is 0 Å². The largest absolute Gasteiger partial charge is 0.383 e. The van der Waals surface area contributed by atoms with Crippen molar-refractivity contribution >= 4 is 29.0 Å². The quantitative estimate of drug-likeness (QED) is 0.874. The van der Waals surface area contributed by atoms with Gasteiger partial charge in [-0.15, -0.1) is 11.8 Å². The smallest absolute Gasteiger partial charge is 0.234 e. The highest BCUT2D eigenvalue weighted by Gasteiger charge is 2.23. The van der Waals surface area contributed by atoms with E-state index in [0.29, 0.717) is 11.8 Å². The van der Waals surface area contributed by atoms with E-state index >= 15 is 0 Å². The van der Waals surface area contributed by atoms with Gasteiger partial charge in [-0.05, 0) is 37.5 Å². The topological polar surface area (TPSA) is 41.1 Å². The van der Waals surface area contributed by atoms with Crippen LogP contribution < -0.4 is 10.6 Å². The van der Waals surface area contributed by atoms with E-state index in [0.717, 1.165) is 22.2 Å². The van der Waals surface area contributed by atoms with Crippen molar-refractivity contribution in [2.24, 2.45) is 5.92 Å². The minimum absolute atomic E-state index is 0.0932. The van der Waals surface area contributed by atoms with E-state index in [2.05, 4.69) is 29.7 Å². The Morgan fingerprint density at radius 3 is 3.11 bits per heavy atom. The molecule has 4 heteroatoms. The lowest BCUT2D eigenvalue weighted by atomic mass is 10.1. The van der Waals surface area contributed by atoms with Crippen LogP contribution in [-0.2, 0) is 4.79 Å². The zero-order chi connectivity index (χ0) is 12.5. The van der Waals surface area contributed by atoms with Crippen molar-refractivity contribution in [1.82, 2.24) is 0 Å². The van der Waals surface area contributed by atoms with Crippen molar-refractivity contribution in [3.05, 3.63) is 18.2 Å². The summed E-state index contributed by atoms with van der Waals surface area (Å²) in [7, 11) is 0. The molecule has 1 aromatic carbocycles. The Balaban J connectivity index is 1.68. The Morgan fingerprint density at radius 2 is 2.33 bits per heavy atom. The number of nitrogens with one attached hydrogen (secondary N) is 2. The molecule has 1 fully saturated rings. The predicted octanol–water partition coefficient (Wildman–Crippen LogP) is 3.33. The summed E-state index contributed by atoms with van der Waals surface area (Å²) in [6.07, 6.45) is 4.03. The lowest BCUT2D eigenvalue weighted by molar-refractivity contribution is -0.113. The van der Waals surface area contributed by atoms with E-state index in [9.17, 15) is 4.79 Å². The summed E-state index contributed by atoms with van der Waals surface area (Å²) in [5.74, 6) is 1.55. The Hall–Kier alpha value is -1.16. The van der Waals surface area contributed by atoms with Crippen LogP contribution in [0.25, 0.3) is 0 Å². The Morgan fingerprint density at radius 1 is 1.50 bits per heavy atom. The van der Waals surface area contributed by atoms with Crippen molar-refractivity contribution in [2.45, 2.75) is 37.1 Å². The van der Waals surface area contributed by atoms with Crippen molar-refractivity contribution < 1.29 is 4.79 Å². The maximum absolute atomic E-state index is 11.4. The Kier molecular flexibility index (Phi) is 3.20. The van der Waals surface area contributed by atoms with Gasteiger partial charge < -0.3 is 10.6 Å². The average molecular weight is 262 g/mol. The molecule has 1 atom stereocenters. The molecular formula is C14H18N2OS. The van der Waals surface area contributed by atoms with Gasteiger partial charge in [-0.3, -0.25) is 4.79 Å². The number of anilines is 2. The van der Waals surface area contributed by atoms with Gasteiger partial charge in [0.25, 0.3) is 0 Å². The van der Waals surface area contributed by atoms with Gasteiger partial charge in [0, 0.05) is 16.6 Å². The molecule has 1 aliphatic heterocycles. The van der Waals surface area contributed by atoms with Gasteiger partial charge in [0.15, 0.2) is 0 Å². The second-order valence-electron chi connectivity index (χ2n) is 5.27. The molecule has 1 saturated carbocycles. The molecule has 3 rings (SSSR count). The third kappa shape index (κ3) is 2.80. The molecule has 0 radical (unpaired) electrons. The summed E-state index contributed by atoms with van der Waals surface area (Å²) in [4.78, 5) is 12.5. The summed E-state index contributed by atoms with van der Waals surface area (Å²) in [6.45, 7) is 2.23. The first-order chi connectivity index (χ1) is 8.70. The van der Waals surface area contributed by atoms with Gasteiger partial charge in [-0.2, -0.15) is 0 Å². The van der Waals surface area contributed by atoms with E-state index < -0.39 is 0 Å². The molecule has 1 unspecified atom stereocenters. The molecule has 1 heterocycles. The molecule has 0 saturated heterocycles. The van der Waals surface area contributed by atoms with Gasteiger partial charge in [-0.1, -0.05) is 12.8 Å². The zero-order valence-corrected chi connectivity index (χ0v) is 11.3. The van der Waals surface area contributed by atoms with Crippen molar-refractivity contribution in [3.63, 3.8) is 0 Å². The van der Waals surface area contributed by atoms with Gasteiger partial charge in [0.1, 0.15) is 0 Å². The number of fused-ring (bicyclic) bond motifs is 1. The molecule has 96 valence electrons. The first kappa shape index (κ1) is 11.9. The first-order valence-corrected chi connectivity index (χ1v) is 7.52. The predicted molar refractivity (Wildman–Crippen MR) is 76.2 cm³/mol. The molecule has 1 aliphatic carbocycles. The lowest BCUT2D eigenvalue weighted by Crippen LogP contribution is -2.20. The maximum atomic E-state index is 11.4. The van der Waals surface area contributed by atoms with Gasteiger partial charge in [0.2, 0.25) is 5.91 Å². The number of hydrogen-bond donors (Lipinski definition) is 2. The fourth-order valence-corrected chi connectivity index (χ4v) is 3.16.